The number of sulfonamides is 1. The lowest BCUT2D eigenvalue weighted by Gasteiger charge is -2.11. The van der Waals surface area contributed by atoms with E-state index in [-0.39, 0.29) is 17.3 Å². The Morgan fingerprint density at radius 1 is 1.26 bits per heavy atom. The Labute approximate surface area is 139 Å². The van der Waals surface area contributed by atoms with E-state index >= 15 is 0 Å². The monoisotopic (exact) mass is 354 g/mol. The van der Waals surface area contributed by atoms with E-state index < -0.39 is 16.1 Å². The van der Waals surface area contributed by atoms with Gasteiger partial charge in [-0.1, -0.05) is 0 Å². The molecule has 1 amide bonds. The van der Waals surface area contributed by atoms with E-state index in [4.69, 9.17) is 0 Å². The van der Waals surface area contributed by atoms with Gasteiger partial charge in [-0.2, -0.15) is 11.3 Å². The highest BCUT2D eigenvalue weighted by Crippen LogP contribution is 2.19. The molecule has 0 bridgehead atoms. The molecule has 1 heterocycles. The topological polar surface area (TPSA) is 95.5 Å². The number of aliphatic hydroxyl groups is 1. The van der Waals surface area contributed by atoms with E-state index in [9.17, 15) is 18.3 Å². The molecule has 0 saturated heterocycles. The lowest BCUT2D eigenvalue weighted by molar-refractivity contribution is -0.114. The Hall–Kier alpha value is -1.74. The van der Waals surface area contributed by atoms with Crippen LogP contribution in [0.25, 0.3) is 0 Å². The molecule has 3 N–H and O–H groups in total. The summed E-state index contributed by atoms with van der Waals surface area (Å²) in [6.45, 7) is 1.51. The fourth-order valence-corrected chi connectivity index (χ4v) is 3.72. The quantitative estimate of drug-likeness (QED) is 0.709. The van der Waals surface area contributed by atoms with Crippen LogP contribution in [0.4, 0.5) is 5.69 Å². The zero-order valence-corrected chi connectivity index (χ0v) is 14.2. The van der Waals surface area contributed by atoms with Crippen LogP contribution >= 0.6 is 11.3 Å². The van der Waals surface area contributed by atoms with E-state index in [1.54, 1.807) is 0 Å². The highest BCUT2D eigenvalue weighted by molar-refractivity contribution is 7.89. The molecule has 1 atom stereocenters. The van der Waals surface area contributed by atoms with Crippen molar-refractivity contribution < 1.29 is 18.3 Å². The van der Waals surface area contributed by atoms with Crippen LogP contribution in [-0.4, -0.2) is 26.0 Å². The second kappa shape index (κ2) is 7.69. The first-order valence-electron chi connectivity index (χ1n) is 6.96. The van der Waals surface area contributed by atoms with Gasteiger partial charge in [0.05, 0.1) is 11.0 Å². The predicted octanol–water partition coefficient (Wildman–Crippen LogP) is 2.11. The average Bonchev–Trinajstić information content (AvgIpc) is 3.01. The first kappa shape index (κ1) is 17.6. The summed E-state index contributed by atoms with van der Waals surface area (Å²) in [5.41, 5.74) is 1.32. The third-order valence-corrected chi connectivity index (χ3v) is 5.30. The van der Waals surface area contributed by atoms with Crippen molar-refractivity contribution in [3.05, 3.63) is 46.7 Å². The molecule has 0 saturated carbocycles. The summed E-state index contributed by atoms with van der Waals surface area (Å²) >= 11 is 1.48. The maximum absolute atomic E-state index is 12.2. The second-order valence-electron chi connectivity index (χ2n) is 4.96. The van der Waals surface area contributed by atoms with Crippen molar-refractivity contribution in [1.29, 1.82) is 0 Å². The maximum Gasteiger partial charge on any atom is 0.240 e. The Morgan fingerprint density at radius 3 is 2.52 bits per heavy atom. The highest BCUT2D eigenvalue weighted by Gasteiger charge is 2.15. The van der Waals surface area contributed by atoms with Crippen LogP contribution in [0.1, 0.15) is 25.0 Å². The number of carbonyl (C=O) groups excluding carboxylic acids is 1. The average molecular weight is 354 g/mol. The summed E-state index contributed by atoms with van der Waals surface area (Å²) in [6.07, 6.45) is -0.397. The second-order valence-corrected chi connectivity index (χ2v) is 7.51. The zero-order valence-electron chi connectivity index (χ0n) is 12.5. The Bertz CT molecular complexity index is 740. The van der Waals surface area contributed by atoms with Crippen LogP contribution in [-0.2, 0) is 14.8 Å². The van der Waals surface area contributed by atoms with E-state index in [2.05, 4.69) is 10.0 Å². The fourth-order valence-electron chi connectivity index (χ4n) is 1.97. The van der Waals surface area contributed by atoms with Gasteiger partial charge < -0.3 is 10.4 Å². The molecule has 2 rings (SSSR count). The molecule has 0 aliphatic carbocycles. The maximum atomic E-state index is 12.2. The molecule has 0 aliphatic heterocycles. The molecule has 0 spiro atoms. The molecular formula is C15H18N2O4S2. The van der Waals surface area contributed by atoms with Gasteiger partial charge in [0.25, 0.3) is 0 Å². The van der Waals surface area contributed by atoms with Crippen molar-refractivity contribution in [3.63, 3.8) is 0 Å². The van der Waals surface area contributed by atoms with E-state index in [0.717, 1.165) is 5.56 Å². The lowest BCUT2D eigenvalue weighted by atomic mass is 10.1. The van der Waals surface area contributed by atoms with Crippen molar-refractivity contribution >= 4 is 33.0 Å². The van der Waals surface area contributed by atoms with Crippen molar-refractivity contribution in [2.75, 3.05) is 11.9 Å². The molecule has 1 aromatic heterocycles. The summed E-state index contributed by atoms with van der Waals surface area (Å²) in [5.74, 6) is -0.221. The molecule has 8 heteroatoms. The molecule has 0 aliphatic rings. The predicted molar refractivity (Wildman–Crippen MR) is 89.8 cm³/mol. The van der Waals surface area contributed by atoms with Gasteiger partial charge in [0, 0.05) is 19.2 Å². The molecule has 2 aromatic rings. The van der Waals surface area contributed by atoms with Gasteiger partial charge in [0.15, 0.2) is 0 Å². The molecule has 6 nitrogen and oxygen atoms in total. The number of thiophene rings is 1. The number of nitrogens with one attached hydrogen (secondary N) is 2. The van der Waals surface area contributed by atoms with Gasteiger partial charge in [-0.3, -0.25) is 4.79 Å². The Balaban J connectivity index is 1.92. The van der Waals surface area contributed by atoms with Crippen LogP contribution in [0.3, 0.4) is 0 Å². The first-order chi connectivity index (χ1) is 10.9. The van der Waals surface area contributed by atoms with Gasteiger partial charge in [0.2, 0.25) is 15.9 Å². The van der Waals surface area contributed by atoms with Crippen molar-refractivity contribution in [3.8, 4) is 0 Å². The standard InChI is InChI=1S/C15H18N2O4S2/c1-11(18)17-13-2-4-14(5-3-13)23(20,21)16-8-6-15(19)12-7-9-22-10-12/h2-5,7,9-10,15-16,19H,6,8H2,1H3,(H,17,18). The van der Waals surface area contributed by atoms with E-state index in [0.29, 0.717) is 12.1 Å². The third kappa shape index (κ3) is 5.14. The number of benzene rings is 1. The first-order valence-corrected chi connectivity index (χ1v) is 9.38. The summed E-state index contributed by atoms with van der Waals surface area (Å²) in [7, 11) is -3.64. The number of hydrogen-bond donors (Lipinski definition) is 3. The minimum Gasteiger partial charge on any atom is -0.388 e. The molecular weight excluding hydrogens is 336 g/mol. The molecule has 124 valence electrons. The normalized spacial score (nSPS) is 12.8. The summed E-state index contributed by atoms with van der Waals surface area (Å²) in [6, 6.07) is 7.70. The SMILES string of the molecule is CC(=O)Nc1ccc(S(=O)(=O)NCCC(O)c2ccsc2)cc1. The van der Waals surface area contributed by atoms with Crippen LogP contribution < -0.4 is 10.0 Å². The molecule has 23 heavy (non-hydrogen) atoms. The zero-order chi connectivity index (χ0) is 16.9. The number of aliphatic hydroxyl groups excluding tert-OH is 1. The summed E-state index contributed by atoms with van der Waals surface area (Å²) in [5, 5.41) is 16.2. The number of carbonyl (C=O) groups is 1. The summed E-state index contributed by atoms with van der Waals surface area (Å²) in [4.78, 5) is 11.0. The van der Waals surface area contributed by atoms with Crippen molar-refractivity contribution in [2.45, 2.75) is 24.3 Å². The van der Waals surface area contributed by atoms with Crippen LogP contribution in [0.2, 0.25) is 0 Å². The lowest BCUT2D eigenvalue weighted by Crippen LogP contribution is -2.26. The minimum absolute atomic E-state index is 0.108. The number of amides is 1. The van der Waals surface area contributed by atoms with Gasteiger partial charge in [0.1, 0.15) is 0 Å². The Kier molecular flexibility index (Phi) is 5.89. The largest absolute Gasteiger partial charge is 0.388 e. The third-order valence-electron chi connectivity index (χ3n) is 3.12. The van der Waals surface area contributed by atoms with Gasteiger partial charge in [-0.05, 0) is 53.1 Å². The van der Waals surface area contributed by atoms with Gasteiger partial charge in [-0.25, -0.2) is 13.1 Å². The van der Waals surface area contributed by atoms with Crippen molar-refractivity contribution in [1.82, 2.24) is 4.72 Å². The van der Waals surface area contributed by atoms with Crippen molar-refractivity contribution in [2.24, 2.45) is 0 Å². The van der Waals surface area contributed by atoms with Crippen LogP contribution in [0, 0.1) is 0 Å². The molecule has 1 aromatic carbocycles. The number of rotatable bonds is 7. The van der Waals surface area contributed by atoms with Gasteiger partial charge in [-0.15, -0.1) is 0 Å². The molecule has 0 radical (unpaired) electrons. The van der Waals surface area contributed by atoms with Crippen LogP contribution in [0.5, 0.6) is 0 Å². The fraction of sp³-hybridized carbons (Fsp3) is 0.267. The highest BCUT2D eigenvalue weighted by atomic mass is 32.2. The minimum atomic E-state index is -3.64. The number of anilines is 1. The molecule has 0 fully saturated rings. The smallest absolute Gasteiger partial charge is 0.240 e. The van der Waals surface area contributed by atoms with E-state index in [1.165, 1.54) is 42.5 Å². The summed E-state index contributed by atoms with van der Waals surface area (Å²) < 4.78 is 26.8. The Morgan fingerprint density at radius 2 is 1.96 bits per heavy atom. The van der Waals surface area contributed by atoms with Gasteiger partial charge >= 0.3 is 0 Å². The number of hydrogen-bond acceptors (Lipinski definition) is 5. The molecule has 1 unspecified atom stereocenters. The van der Waals surface area contributed by atoms with E-state index in [1.807, 2.05) is 16.8 Å². The van der Waals surface area contributed by atoms with Crippen LogP contribution in [0.15, 0.2) is 46.0 Å².